The lowest BCUT2D eigenvalue weighted by Gasteiger charge is -2.39. The van der Waals surface area contributed by atoms with Gasteiger partial charge in [-0.15, -0.1) is 0 Å². The smallest absolute Gasteiger partial charge is 0.254 e. The molecule has 0 saturated carbocycles. The molecule has 4 aromatic rings. The minimum absolute atomic E-state index is 0.00764. The van der Waals surface area contributed by atoms with E-state index in [0.29, 0.717) is 17.1 Å². The van der Waals surface area contributed by atoms with Gasteiger partial charge in [0.25, 0.3) is 5.91 Å². The number of hydrogen-bond donors (Lipinski definition) is 0. The molecule has 3 aromatic carbocycles. The third kappa shape index (κ3) is 4.79. The molecular formula is C31H30ClN3O2. The first-order valence-electron chi connectivity index (χ1n) is 12.7. The minimum atomic E-state index is -0.351. The maximum absolute atomic E-state index is 14.2. The Balaban J connectivity index is 1.56. The second-order valence-electron chi connectivity index (χ2n) is 9.40. The highest BCUT2D eigenvalue weighted by Crippen LogP contribution is 2.42. The van der Waals surface area contributed by atoms with Crippen LogP contribution in [0.25, 0.3) is 5.69 Å². The molecule has 5 rings (SSSR count). The van der Waals surface area contributed by atoms with E-state index in [0.717, 1.165) is 41.0 Å². The predicted molar refractivity (Wildman–Crippen MR) is 149 cm³/mol. The van der Waals surface area contributed by atoms with Crippen LogP contribution >= 0.6 is 11.6 Å². The van der Waals surface area contributed by atoms with E-state index in [-0.39, 0.29) is 24.4 Å². The molecule has 5 nitrogen and oxygen atoms in total. The molecule has 2 heterocycles. The van der Waals surface area contributed by atoms with Gasteiger partial charge in [0.2, 0.25) is 5.91 Å². The van der Waals surface area contributed by atoms with Crippen LogP contribution in [-0.2, 0) is 4.79 Å². The predicted octanol–water partition coefficient (Wildman–Crippen LogP) is 6.82. The van der Waals surface area contributed by atoms with Crippen molar-refractivity contribution in [3.05, 3.63) is 119 Å². The van der Waals surface area contributed by atoms with Crippen LogP contribution in [0.15, 0.2) is 91.1 Å². The number of fused-ring (bicyclic) bond motifs is 3. The Kier molecular flexibility index (Phi) is 7.15. The Morgan fingerprint density at radius 1 is 0.892 bits per heavy atom. The van der Waals surface area contributed by atoms with Crippen LogP contribution in [0.1, 0.15) is 53.0 Å². The molecule has 0 aliphatic carbocycles. The molecule has 37 heavy (non-hydrogen) atoms. The van der Waals surface area contributed by atoms with Crippen molar-refractivity contribution >= 4 is 29.1 Å². The van der Waals surface area contributed by atoms with Crippen molar-refractivity contribution in [2.24, 2.45) is 0 Å². The molecule has 2 amide bonds. The minimum Gasteiger partial charge on any atom is -0.329 e. The van der Waals surface area contributed by atoms with Gasteiger partial charge in [0.1, 0.15) is 12.6 Å². The summed E-state index contributed by atoms with van der Waals surface area (Å²) in [7, 11) is 0. The molecule has 0 bridgehead atoms. The molecule has 0 saturated heterocycles. The third-order valence-electron chi connectivity index (χ3n) is 6.94. The van der Waals surface area contributed by atoms with Gasteiger partial charge in [-0.05, 0) is 66.9 Å². The molecule has 188 valence electrons. The summed E-state index contributed by atoms with van der Waals surface area (Å²) in [6.45, 7) is 4.53. The van der Waals surface area contributed by atoms with Crippen molar-refractivity contribution in [3.8, 4) is 5.69 Å². The van der Waals surface area contributed by atoms with Crippen LogP contribution in [0, 0.1) is 6.92 Å². The summed E-state index contributed by atoms with van der Waals surface area (Å²) >= 11 is 6.20. The van der Waals surface area contributed by atoms with E-state index < -0.39 is 0 Å². The van der Waals surface area contributed by atoms with Crippen LogP contribution in [0.2, 0.25) is 5.02 Å². The fraction of sp³-hybridized carbons (Fsp3) is 0.226. The molecule has 1 aliphatic heterocycles. The lowest BCUT2D eigenvalue weighted by Crippen LogP contribution is -2.47. The molecule has 1 unspecified atom stereocenters. The second-order valence-corrected chi connectivity index (χ2v) is 9.84. The maximum Gasteiger partial charge on any atom is 0.254 e. The third-order valence-corrected chi connectivity index (χ3v) is 7.20. The number of halogens is 1. The zero-order valence-electron chi connectivity index (χ0n) is 21.1. The molecule has 1 aromatic heterocycles. The number of benzene rings is 3. The Morgan fingerprint density at radius 2 is 1.59 bits per heavy atom. The van der Waals surface area contributed by atoms with Crippen LogP contribution in [0.3, 0.4) is 0 Å². The number of para-hydroxylation sites is 2. The van der Waals surface area contributed by atoms with E-state index in [9.17, 15) is 9.59 Å². The van der Waals surface area contributed by atoms with E-state index in [1.807, 2.05) is 103 Å². The van der Waals surface area contributed by atoms with E-state index in [1.54, 1.807) is 4.90 Å². The van der Waals surface area contributed by atoms with Crippen LogP contribution in [-0.4, -0.2) is 34.4 Å². The van der Waals surface area contributed by atoms with Crippen molar-refractivity contribution in [3.63, 3.8) is 0 Å². The summed E-state index contributed by atoms with van der Waals surface area (Å²) in [6.07, 6.45) is 3.78. The van der Waals surface area contributed by atoms with Crippen molar-refractivity contribution in [2.75, 3.05) is 18.0 Å². The van der Waals surface area contributed by atoms with E-state index in [2.05, 4.69) is 11.5 Å². The lowest BCUT2D eigenvalue weighted by atomic mass is 9.97. The lowest BCUT2D eigenvalue weighted by molar-refractivity contribution is -0.119. The van der Waals surface area contributed by atoms with Crippen LogP contribution in [0.4, 0.5) is 5.69 Å². The Labute approximate surface area is 222 Å². The zero-order valence-corrected chi connectivity index (χ0v) is 21.9. The van der Waals surface area contributed by atoms with E-state index in [1.165, 1.54) is 0 Å². The Morgan fingerprint density at radius 3 is 2.32 bits per heavy atom. The zero-order chi connectivity index (χ0) is 25.9. The molecule has 0 spiro atoms. The van der Waals surface area contributed by atoms with Crippen molar-refractivity contribution in [2.45, 2.75) is 32.7 Å². The molecule has 0 N–H and O–H groups in total. The highest BCUT2D eigenvalue weighted by Gasteiger charge is 2.37. The average molecular weight is 512 g/mol. The number of carbonyl (C=O) groups excluding carboxylic acids is 2. The fourth-order valence-corrected chi connectivity index (χ4v) is 5.17. The fourth-order valence-electron chi connectivity index (χ4n) is 5.05. The number of carbonyl (C=O) groups is 2. The van der Waals surface area contributed by atoms with Crippen molar-refractivity contribution in [1.29, 1.82) is 0 Å². The number of nitrogens with zero attached hydrogens (tertiary/aromatic N) is 3. The van der Waals surface area contributed by atoms with Crippen LogP contribution in [0.5, 0.6) is 0 Å². The van der Waals surface area contributed by atoms with Crippen LogP contribution < -0.4 is 4.90 Å². The summed E-state index contributed by atoms with van der Waals surface area (Å²) in [5, 5.41) is 0.641. The molecule has 0 radical (unpaired) electrons. The normalized spacial score (nSPS) is 14.1. The highest BCUT2D eigenvalue weighted by atomic mass is 35.5. The van der Waals surface area contributed by atoms with Gasteiger partial charge < -0.3 is 9.47 Å². The molecule has 6 heteroatoms. The summed E-state index contributed by atoms with van der Waals surface area (Å²) in [5.41, 5.74) is 5.23. The Hall–Kier alpha value is -3.83. The number of rotatable bonds is 7. The number of aromatic nitrogens is 1. The van der Waals surface area contributed by atoms with E-state index in [4.69, 9.17) is 11.6 Å². The molecule has 1 aliphatic rings. The maximum atomic E-state index is 14.2. The highest BCUT2D eigenvalue weighted by molar-refractivity contribution is 6.30. The molecule has 0 fully saturated rings. The quantitative estimate of drug-likeness (QED) is 0.273. The summed E-state index contributed by atoms with van der Waals surface area (Å²) in [6, 6.07) is 26.8. The number of anilines is 1. The van der Waals surface area contributed by atoms with Gasteiger partial charge in [-0.25, -0.2) is 0 Å². The Bertz CT molecular complexity index is 1430. The van der Waals surface area contributed by atoms with Gasteiger partial charge >= 0.3 is 0 Å². The van der Waals surface area contributed by atoms with Gasteiger partial charge in [0.15, 0.2) is 0 Å². The van der Waals surface area contributed by atoms with Gasteiger partial charge in [-0.3, -0.25) is 14.5 Å². The average Bonchev–Trinajstić information content (AvgIpc) is 3.41. The summed E-state index contributed by atoms with van der Waals surface area (Å²) < 4.78 is 2.13. The van der Waals surface area contributed by atoms with Crippen molar-refractivity contribution in [1.82, 2.24) is 9.47 Å². The first-order chi connectivity index (χ1) is 18.0. The standard InChI is InChI=1S/C31H30ClN3O2/c1-3-4-19-33(31(37)25-11-6-5-10-22(25)2)21-29(36)35-27-13-8-7-12-26(27)34-20-9-14-28(34)30(35)23-15-17-24(32)18-16-23/h5-18,20,30H,3-4,19,21H2,1-2H3. The van der Waals surface area contributed by atoms with Gasteiger partial charge in [0, 0.05) is 23.3 Å². The monoisotopic (exact) mass is 511 g/mol. The summed E-state index contributed by atoms with van der Waals surface area (Å²) in [4.78, 5) is 31.4. The first kappa shape index (κ1) is 24.8. The largest absolute Gasteiger partial charge is 0.329 e. The molecule has 1 atom stereocenters. The van der Waals surface area contributed by atoms with E-state index >= 15 is 0 Å². The van der Waals surface area contributed by atoms with Gasteiger partial charge in [0.05, 0.1) is 17.1 Å². The van der Waals surface area contributed by atoms with Gasteiger partial charge in [-0.1, -0.05) is 67.4 Å². The number of aryl methyl sites for hydroxylation is 1. The topological polar surface area (TPSA) is 45.6 Å². The molecular weight excluding hydrogens is 482 g/mol. The second kappa shape index (κ2) is 10.7. The number of hydrogen-bond acceptors (Lipinski definition) is 2. The SMILES string of the molecule is CCCCN(CC(=O)N1c2ccccc2-n2cccc2C1c1ccc(Cl)cc1)C(=O)c1ccccc1C. The van der Waals surface area contributed by atoms with Gasteiger partial charge in [-0.2, -0.15) is 0 Å². The number of unbranched alkanes of at least 4 members (excludes halogenated alkanes) is 1. The summed E-state index contributed by atoms with van der Waals surface area (Å²) in [5.74, 6) is -0.241. The van der Waals surface area contributed by atoms with Crippen molar-refractivity contribution < 1.29 is 9.59 Å². The first-order valence-corrected chi connectivity index (χ1v) is 13.1. The number of amides is 2.